The van der Waals surface area contributed by atoms with Crippen LogP contribution in [0.5, 0.6) is 0 Å². The van der Waals surface area contributed by atoms with Gasteiger partial charge in [0.25, 0.3) is 0 Å². The predicted octanol–water partition coefficient (Wildman–Crippen LogP) is 3.40. The first-order chi connectivity index (χ1) is 13.6. The highest BCUT2D eigenvalue weighted by molar-refractivity contribution is 7.13. The Labute approximate surface area is 169 Å². The number of nitrogens with one attached hydrogen (secondary N) is 1. The average molecular weight is 399 g/mol. The Balaban J connectivity index is 1.42. The van der Waals surface area contributed by atoms with Crippen molar-refractivity contribution in [1.82, 2.24) is 14.8 Å². The Morgan fingerprint density at radius 1 is 1.18 bits per heavy atom. The summed E-state index contributed by atoms with van der Waals surface area (Å²) < 4.78 is 5.39. The molecule has 0 saturated carbocycles. The molecule has 6 nitrogen and oxygen atoms in total. The van der Waals surface area contributed by atoms with Crippen LogP contribution >= 0.6 is 11.3 Å². The Morgan fingerprint density at radius 2 is 1.93 bits per heavy atom. The van der Waals surface area contributed by atoms with E-state index >= 15 is 0 Å². The molecule has 3 heterocycles. The van der Waals surface area contributed by atoms with E-state index < -0.39 is 0 Å². The summed E-state index contributed by atoms with van der Waals surface area (Å²) in [6, 6.07) is 10.1. The van der Waals surface area contributed by atoms with Gasteiger partial charge in [-0.25, -0.2) is 4.98 Å². The minimum absolute atomic E-state index is 0.254. The summed E-state index contributed by atoms with van der Waals surface area (Å²) in [5, 5.41) is 19.8. The molecule has 0 amide bonds. The average Bonchev–Trinajstić information content (AvgIpc) is 3.22. The molecule has 0 unspecified atom stereocenters. The highest BCUT2D eigenvalue weighted by Gasteiger charge is 2.30. The molecule has 2 aromatic rings. The zero-order valence-electron chi connectivity index (χ0n) is 16.1. The largest absolute Gasteiger partial charge is 0.510 e. The van der Waals surface area contributed by atoms with Gasteiger partial charge in [0.2, 0.25) is 0 Å². The molecule has 2 aliphatic heterocycles. The molecule has 148 valence electrons. The van der Waals surface area contributed by atoms with Crippen molar-refractivity contribution >= 4 is 22.7 Å². The van der Waals surface area contributed by atoms with Crippen LogP contribution in [0.2, 0.25) is 0 Å². The fourth-order valence-electron chi connectivity index (χ4n) is 3.73. The zero-order chi connectivity index (χ0) is 19.5. The predicted molar refractivity (Wildman–Crippen MR) is 113 cm³/mol. The van der Waals surface area contributed by atoms with Gasteiger partial charge in [0, 0.05) is 36.6 Å². The third-order valence-corrected chi connectivity index (χ3v) is 6.23. The monoisotopic (exact) mass is 398 g/mol. The fraction of sp³-hybridized carbons (Fsp3) is 0.429. The van der Waals surface area contributed by atoms with Gasteiger partial charge in [0.15, 0.2) is 0 Å². The van der Waals surface area contributed by atoms with Crippen molar-refractivity contribution in [2.45, 2.75) is 13.3 Å². The van der Waals surface area contributed by atoms with E-state index in [9.17, 15) is 5.11 Å². The first-order valence-corrected chi connectivity index (χ1v) is 10.5. The highest BCUT2D eigenvalue weighted by Crippen LogP contribution is 2.35. The van der Waals surface area contributed by atoms with Gasteiger partial charge in [-0.1, -0.05) is 30.3 Å². The van der Waals surface area contributed by atoms with Crippen molar-refractivity contribution in [2.24, 2.45) is 0 Å². The van der Waals surface area contributed by atoms with Crippen molar-refractivity contribution in [2.75, 3.05) is 45.9 Å². The quantitative estimate of drug-likeness (QED) is 0.780. The molecule has 2 aliphatic rings. The van der Waals surface area contributed by atoms with Crippen molar-refractivity contribution in [3.63, 3.8) is 0 Å². The lowest BCUT2D eigenvalue weighted by Crippen LogP contribution is -2.38. The molecule has 7 heteroatoms. The van der Waals surface area contributed by atoms with Crippen molar-refractivity contribution < 1.29 is 9.84 Å². The molecule has 0 aliphatic carbocycles. The van der Waals surface area contributed by atoms with Gasteiger partial charge in [0.1, 0.15) is 16.6 Å². The number of aliphatic hydroxyl groups is 1. The minimum Gasteiger partial charge on any atom is -0.510 e. The summed E-state index contributed by atoms with van der Waals surface area (Å²) in [5.41, 5.74) is 2.58. The second kappa shape index (κ2) is 8.43. The summed E-state index contributed by atoms with van der Waals surface area (Å²) in [4.78, 5) is 10.2. The fourth-order valence-corrected chi connectivity index (χ4v) is 4.73. The van der Waals surface area contributed by atoms with Gasteiger partial charge in [-0.05, 0) is 13.3 Å². The van der Waals surface area contributed by atoms with Crippen LogP contribution in [0.15, 0.2) is 36.1 Å². The van der Waals surface area contributed by atoms with Gasteiger partial charge >= 0.3 is 0 Å². The van der Waals surface area contributed by atoms with E-state index in [0.717, 1.165) is 67.0 Å². The molecule has 1 saturated heterocycles. The van der Waals surface area contributed by atoms with Crippen LogP contribution in [-0.4, -0.2) is 71.7 Å². The minimum atomic E-state index is 0.254. The van der Waals surface area contributed by atoms with Crippen molar-refractivity contribution in [3.05, 3.63) is 46.0 Å². The summed E-state index contributed by atoms with van der Waals surface area (Å²) in [6.07, 6.45) is 0.967. The third-order valence-electron chi connectivity index (χ3n) is 5.25. The number of rotatable bonds is 6. The summed E-state index contributed by atoms with van der Waals surface area (Å²) in [5.74, 6) is 0.637. The second-order valence-electron chi connectivity index (χ2n) is 7.19. The summed E-state index contributed by atoms with van der Waals surface area (Å²) in [6.45, 7) is 7.77. The number of thiazole rings is 1. The molecule has 4 rings (SSSR count). The van der Waals surface area contributed by atoms with Gasteiger partial charge in [-0.15, -0.1) is 11.3 Å². The van der Waals surface area contributed by atoms with Crippen LogP contribution in [0.3, 0.4) is 0 Å². The van der Waals surface area contributed by atoms with Crippen molar-refractivity contribution in [3.8, 4) is 11.3 Å². The number of aromatic nitrogens is 1. The number of ether oxygens (including phenoxy) is 1. The van der Waals surface area contributed by atoms with E-state index in [1.165, 1.54) is 0 Å². The lowest BCUT2D eigenvalue weighted by Gasteiger charge is -2.27. The topological polar surface area (TPSA) is 72.7 Å². The van der Waals surface area contributed by atoms with E-state index in [1.54, 1.807) is 11.3 Å². The number of aryl methyl sites for hydroxylation is 1. The Kier molecular flexibility index (Phi) is 5.75. The maximum Gasteiger partial charge on any atom is 0.135 e. The first-order valence-electron chi connectivity index (χ1n) is 9.73. The second-order valence-corrected chi connectivity index (χ2v) is 8.39. The molecule has 0 bridgehead atoms. The number of hydrogen-bond acceptors (Lipinski definition) is 6. The van der Waals surface area contributed by atoms with E-state index in [4.69, 9.17) is 15.1 Å². The third kappa shape index (κ3) is 3.97. The number of morpholine rings is 1. The smallest absolute Gasteiger partial charge is 0.135 e. The SMILES string of the molecule is Cc1sc(C2=C(O)CN(CCCN3CCOCC3)C2=N)nc1-c1ccccc1. The van der Waals surface area contributed by atoms with Gasteiger partial charge < -0.3 is 14.7 Å². The Morgan fingerprint density at radius 3 is 2.68 bits per heavy atom. The molecule has 1 aromatic heterocycles. The normalized spacial score (nSPS) is 18.3. The van der Waals surface area contributed by atoms with Crippen LogP contribution in [0, 0.1) is 12.3 Å². The zero-order valence-corrected chi connectivity index (χ0v) is 17.0. The van der Waals surface area contributed by atoms with Crippen molar-refractivity contribution in [1.29, 1.82) is 5.41 Å². The van der Waals surface area contributed by atoms with Gasteiger partial charge in [0.05, 0.1) is 31.0 Å². The van der Waals surface area contributed by atoms with Crippen LogP contribution in [0.25, 0.3) is 16.8 Å². The van der Waals surface area contributed by atoms with Gasteiger partial charge in [-0.3, -0.25) is 10.3 Å². The van der Waals surface area contributed by atoms with E-state index in [2.05, 4.69) is 4.90 Å². The molecule has 1 aromatic carbocycles. The first kappa shape index (κ1) is 19.1. The molecule has 28 heavy (non-hydrogen) atoms. The Bertz CT molecular complexity index is 872. The molecular weight excluding hydrogens is 372 g/mol. The Hall–Kier alpha value is -2.22. The number of hydrogen-bond donors (Lipinski definition) is 2. The van der Waals surface area contributed by atoms with E-state index in [0.29, 0.717) is 18.0 Å². The molecule has 0 atom stereocenters. The molecule has 1 fully saturated rings. The number of nitrogens with zero attached hydrogens (tertiary/aromatic N) is 3. The van der Waals surface area contributed by atoms with Crippen LogP contribution < -0.4 is 0 Å². The summed E-state index contributed by atoms with van der Waals surface area (Å²) in [7, 11) is 0. The molecule has 0 spiro atoms. The maximum atomic E-state index is 10.5. The highest BCUT2D eigenvalue weighted by atomic mass is 32.1. The van der Waals surface area contributed by atoms with Gasteiger partial charge in [-0.2, -0.15) is 0 Å². The molecule has 2 N–H and O–H groups in total. The molecule has 0 radical (unpaired) electrons. The number of amidine groups is 1. The molecular formula is C21H26N4O2S. The lowest BCUT2D eigenvalue weighted by molar-refractivity contribution is 0.0368. The number of aliphatic hydroxyl groups excluding tert-OH is 1. The maximum absolute atomic E-state index is 10.5. The van der Waals surface area contributed by atoms with E-state index in [-0.39, 0.29) is 5.76 Å². The number of benzene rings is 1. The summed E-state index contributed by atoms with van der Waals surface area (Å²) >= 11 is 1.54. The lowest BCUT2D eigenvalue weighted by atomic mass is 10.1. The van der Waals surface area contributed by atoms with E-state index in [1.807, 2.05) is 42.2 Å². The van der Waals surface area contributed by atoms with Crippen LogP contribution in [0.4, 0.5) is 0 Å². The van der Waals surface area contributed by atoms with Crippen LogP contribution in [0.1, 0.15) is 16.3 Å². The van der Waals surface area contributed by atoms with Crippen LogP contribution in [-0.2, 0) is 4.74 Å². The standard InChI is InChI=1S/C21H26N4O2S/c1-15-19(16-6-3-2-4-7-16)23-21(28-15)18-17(26)14-25(20(18)22)9-5-8-24-10-12-27-13-11-24/h2-4,6-7,22,26H,5,8-14H2,1H3.